The fraction of sp³-hybridized carbons (Fsp3) is 0.571. The van der Waals surface area contributed by atoms with Crippen LogP contribution in [-0.4, -0.2) is 36.0 Å². The smallest absolute Gasteiger partial charge is 0.330 e. The van der Waals surface area contributed by atoms with Crippen LogP contribution < -0.4 is 0 Å². The molecule has 11 heavy (non-hydrogen) atoms. The Kier molecular flexibility index (Phi) is 4.49. The van der Waals surface area contributed by atoms with E-state index in [0.717, 1.165) is 6.08 Å². The molecule has 0 aliphatic carbocycles. The van der Waals surface area contributed by atoms with Gasteiger partial charge in [-0.15, -0.1) is 0 Å². The summed E-state index contributed by atoms with van der Waals surface area (Å²) in [5, 5.41) is 17.4. The number of esters is 1. The predicted molar refractivity (Wildman–Crippen MR) is 38.9 cm³/mol. The Bertz CT molecular complexity index is 162. The van der Waals surface area contributed by atoms with Crippen molar-refractivity contribution in [3.63, 3.8) is 0 Å². The molecule has 0 aromatic heterocycles. The lowest BCUT2D eigenvalue weighted by Gasteiger charge is -2.05. The highest BCUT2D eigenvalue weighted by atomic mass is 16.5. The monoisotopic (exact) mass is 160 g/mol. The summed E-state index contributed by atoms with van der Waals surface area (Å²) in [7, 11) is 1.25. The lowest BCUT2D eigenvalue weighted by molar-refractivity contribution is -0.134. The van der Waals surface area contributed by atoms with Crippen LogP contribution in [0.25, 0.3) is 0 Å². The van der Waals surface area contributed by atoms with Crippen LogP contribution in [0, 0.1) is 0 Å². The highest BCUT2D eigenvalue weighted by molar-refractivity contribution is 5.82. The van der Waals surface area contributed by atoms with E-state index in [0.29, 0.717) is 5.57 Å². The third-order valence-corrected chi connectivity index (χ3v) is 1.25. The molecule has 0 bridgehead atoms. The van der Waals surface area contributed by atoms with Gasteiger partial charge in [-0.3, -0.25) is 0 Å². The number of aliphatic hydroxyl groups is 2. The first kappa shape index (κ1) is 10.1. The molecule has 0 aromatic rings. The zero-order chi connectivity index (χ0) is 8.85. The van der Waals surface area contributed by atoms with Gasteiger partial charge in [0.15, 0.2) is 0 Å². The van der Waals surface area contributed by atoms with Gasteiger partial charge in [-0.2, -0.15) is 0 Å². The average Bonchev–Trinajstić information content (AvgIpc) is 2.02. The summed E-state index contributed by atoms with van der Waals surface area (Å²) in [4.78, 5) is 10.6. The zero-order valence-corrected chi connectivity index (χ0v) is 6.57. The summed E-state index contributed by atoms with van der Waals surface area (Å²) in [6.45, 7) is 1.15. The van der Waals surface area contributed by atoms with Crippen molar-refractivity contribution in [2.45, 2.75) is 13.0 Å². The van der Waals surface area contributed by atoms with Crippen molar-refractivity contribution in [3.8, 4) is 0 Å². The second-order valence-electron chi connectivity index (χ2n) is 2.11. The van der Waals surface area contributed by atoms with Crippen molar-refractivity contribution in [3.05, 3.63) is 11.6 Å². The van der Waals surface area contributed by atoms with Crippen LogP contribution in [0.1, 0.15) is 6.92 Å². The third kappa shape index (κ3) is 3.75. The van der Waals surface area contributed by atoms with Gasteiger partial charge >= 0.3 is 5.97 Å². The minimum atomic E-state index is -0.978. The number of methoxy groups -OCH3 is 1. The number of carbonyl (C=O) groups excluding carboxylic acids is 1. The molecular weight excluding hydrogens is 148 g/mol. The Morgan fingerprint density at radius 3 is 2.64 bits per heavy atom. The second kappa shape index (κ2) is 4.87. The molecule has 0 aromatic carbocycles. The molecule has 0 rings (SSSR count). The second-order valence-corrected chi connectivity index (χ2v) is 2.11. The van der Waals surface area contributed by atoms with E-state index in [1.165, 1.54) is 14.0 Å². The van der Waals surface area contributed by atoms with Crippen LogP contribution in [0.4, 0.5) is 0 Å². The summed E-state index contributed by atoms with van der Waals surface area (Å²) in [6.07, 6.45) is 0.162. The van der Waals surface area contributed by atoms with Gasteiger partial charge in [-0.1, -0.05) is 0 Å². The normalized spacial score (nSPS) is 14.4. The van der Waals surface area contributed by atoms with Gasteiger partial charge in [0.25, 0.3) is 0 Å². The molecule has 64 valence electrons. The third-order valence-electron chi connectivity index (χ3n) is 1.25. The molecule has 4 heteroatoms. The van der Waals surface area contributed by atoms with Gasteiger partial charge in [-0.05, 0) is 12.5 Å². The van der Waals surface area contributed by atoms with E-state index in [9.17, 15) is 4.79 Å². The minimum absolute atomic E-state index is 0.388. The van der Waals surface area contributed by atoms with E-state index in [1.807, 2.05) is 0 Å². The quantitative estimate of drug-likeness (QED) is 0.430. The fourth-order valence-corrected chi connectivity index (χ4v) is 0.485. The van der Waals surface area contributed by atoms with E-state index < -0.39 is 12.1 Å². The number of hydrogen-bond donors (Lipinski definition) is 2. The molecule has 1 atom stereocenters. The number of carbonyl (C=O) groups is 1. The molecule has 0 aliphatic heterocycles. The van der Waals surface area contributed by atoms with Crippen LogP contribution >= 0.6 is 0 Å². The highest BCUT2D eigenvalue weighted by Gasteiger charge is 2.05. The van der Waals surface area contributed by atoms with Crippen LogP contribution in [0.3, 0.4) is 0 Å². The van der Waals surface area contributed by atoms with E-state index in [2.05, 4.69) is 4.74 Å². The lowest BCUT2D eigenvalue weighted by Crippen LogP contribution is -2.14. The molecule has 0 saturated carbocycles. The Morgan fingerprint density at radius 1 is 1.73 bits per heavy atom. The zero-order valence-electron chi connectivity index (χ0n) is 6.57. The molecule has 2 N–H and O–H groups in total. The molecule has 0 spiro atoms. The average molecular weight is 160 g/mol. The highest BCUT2D eigenvalue weighted by Crippen LogP contribution is 1.99. The maximum Gasteiger partial charge on any atom is 0.330 e. The van der Waals surface area contributed by atoms with E-state index in [-0.39, 0.29) is 6.61 Å². The predicted octanol–water partition coefficient (Wildman–Crippen LogP) is -0.541. The minimum Gasteiger partial charge on any atom is -0.466 e. The van der Waals surface area contributed by atoms with Gasteiger partial charge in [0.2, 0.25) is 0 Å². The van der Waals surface area contributed by atoms with Gasteiger partial charge in [0, 0.05) is 6.08 Å². The van der Waals surface area contributed by atoms with E-state index >= 15 is 0 Å². The van der Waals surface area contributed by atoms with Crippen LogP contribution in [0.5, 0.6) is 0 Å². The Hall–Kier alpha value is -0.870. The molecule has 4 nitrogen and oxygen atoms in total. The molecule has 0 fully saturated rings. The van der Waals surface area contributed by atoms with E-state index in [4.69, 9.17) is 10.2 Å². The van der Waals surface area contributed by atoms with Gasteiger partial charge in [0.1, 0.15) is 0 Å². The topological polar surface area (TPSA) is 66.8 Å². The molecule has 0 amide bonds. The Morgan fingerprint density at radius 2 is 2.27 bits per heavy atom. The molecule has 0 unspecified atom stereocenters. The van der Waals surface area contributed by atoms with Crippen molar-refractivity contribution >= 4 is 5.97 Å². The number of ether oxygens (including phenoxy) is 1. The maximum atomic E-state index is 10.6. The number of hydrogen-bond acceptors (Lipinski definition) is 4. The molecular formula is C7H12O4. The van der Waals surface area contributed by atoms with Gasteiger partial charge in [0.05, 0.1) is 19.8 Å². The van der Waals surface area contributed by atoms with Crippen LogP contribution in [0.15, 0.2) is 11.6 Å². The van der Waals surface area contributed by atoms with Crippen molar-refractivity contribution < 1.29 is 19.7 Å². The summed E-state index contributed by atoms with van der Waals surface area (Å²) in [5.74, 6) is -0.532. The summed E-state index contributed by atoms with van der Waals surface area (Å²) in [5.41, 5.74) is 0.388. The van der Waals surface area contributed by atoms with Crippen LogP contribution in [0.2, 0.25) is 0 Å². The largest absolute Gasteiger partial charge is 0.466 e. The first-order chi connectivity index (χ1) is 5.11. The SMILES string of the molecule is COC(=O)/C=C(\C)[C@@H](O)CO. The fourth-order valence-electron chi connectivity index (χ4n) is 0.485. The van der Waals surface area contributed by atoms with E-state index in [1.54, 1.807) is 0 Å². The van der Waals surface area contributed by atoms with Crippen molar-refractivity contribution in [2.24, 2.45) is 0 Å². The van der Waals surface area contributed by atoms with Gasteiger partial charge < -0.3 is 14.9 Å². The summed E-state index contributed by atoms with van der Waals surface area (Å²) >= 11 is 0. The molecule has 0 heterocycles. The van der Waals surface area contributed by atoms with Gasteiger partial charge in [-0.25, -0.2) is 4.79 Å². The standard InChI is InChI=1S/C7H12O4/c1-5(6(9)4-8)3-7(10)11-2/h3,6,8-9H,4H2,1-2H3/b5-3+/t6-/m0/s1. The first-order valence-electron chi connectivity index (χ1n) is 3.17. The van der Waals surface area contributed by atoms with Crippen molar-refractivity contribution in [1.29, 1.82) is 0 Å². The lowest BCUT2D eigenvalue weighted by atomic mass is 10.2. The number of rotatable bonds is 3. The Labute approximate surface area is 65.1 Å². The van der Waals surface area contributed by atoms with Crippen molar-refractivity contribution in [2.75, 3.05) is 13.7 Å². The molecule has 0 saturated heterocycles. The Balaban J connectivity index is 4.09. The van der Waals surface area contributed by atoms with Crippen LogP contribution in [-0.2, 0) is 9.53 Å². The molecule has 0 radical (unpaired) electrons. The molecule has 0 aliphatic rings. The number of aliphatic hydroxyl groups excluding tert-OH is 2. The summed E-state index contributed by atoms with van der Waals surface area (Å²) < 4.78 is 4.31. The van der Waals surface area contributed by atoms with Crippen molar-refractivity contribution in [1.82, 2.24) is 0 Å². The summed E-state index contributed by atoms with van der Waals surface area (Å²) in [6, 6.07) is 0. The maximum absolute atomic E-state index is 10.6. The first-order valence-corrected chi connectivity index (χ1v) is 3.17.